The second-order valence-corrected chi connectivity index (χ2v) is 9.00. The van der Waals surface area contributed by atoms with E-state index < -0.39 is 0 Å². The molecule has 7 atom stereocenters. The number of rotatable bonds is 0. The molecule has 0 aromatic carbocycles. The van der Waals surface area contributed by atoms with E-state index in [1.165, 1.54) is 25.7 Å². The lowest BCUT2D eigenvalue weighted by atomic mass is 9.45. The van der Waals surface area contributed by atoms with Gasteiger partial charge in [-0.1, -0.05) is 13.8 Å². The Morgan fingerprint density at radius 2 is 1.81 bits per heavy atom. The van der Waals surface area contributed by atoms with Gasteiger partial charge in [-0.15, -0.1) is 0 Å². The summed E-state index contributed by atoms with van der Waals surface area (Å²) < 4.78 is 0. The molecule has 0 bridgehead atoms. The van der Waals surface area contributed by atoms with Crippen LogP contribution in [0.2, 0.25) is 0 Å². The molecule has 0 heterocycles. The van der Waals surface area contributed by atoms with E-state index in [0.29, 0.717) is 17.1 Å². The van der Waals surface area contributed by atoms with Gasteiger partial charge in [0.1, 0.15) is 5.78 Å². The van der Waals surface area contributed by atoms with Gasteiger partial charge in [-0.2, -0.15) is 0 Å². The molecule has 5 unspecified atom stereocenters. The molecule has 0 saturated heterocycles. The average Bonchev–Trinajstić information content (AvgIpc) is 2.76. The molecule has 4 rings (SSSR count). The Kier molecular flexibility index (Phi) is 3.10. The van der Waals surface area contributed by atoms with Crippen molar-refractivity contribution in [1.29, 1.82) is 0 Å². The zero-order valence-electron chi connectivity index (χ0n) is 13.6. The second-order valence-electron chi connectivity index (χ2n) is 9.00. The zero-order chi connectivity index (χ0) is 14.8. The van der Waals surface area contributed by atoms with E-state index >= 15 is 0 Å². The lowest BCUT2D eigenvalue weighted by Crippen LogP contribution is -2.54. The van der Waals surface area contributed by atoms with E-state index in [4.69, 9.17) is 0 Å². The van der Waals surface area contributed by atoms with E-state index in [1.807, 2.05) is 0 Å². The zero-order valence-corrected chi connectivity index (χ0v) is 13.6. The number of Topliss-reactive ketones (excluding diaryl/α,β-unsaturated/α-hetero) is 1. The minimum Gasteiger partial charge on any atom is -0.393 e. The first kappa shape index (κ1) is 14.2. The fourth-order valence-corrected chi connectivity index (χ4v) is 7.01. The first-order chi connectivity index (χ1) is 9.95. The highest BCUT2D eigenvalue weighted by atomic mass is 16.3. The molecular formula is C19H30O2. The predicted octanol–water partition coefficient (Wildman–Crippen LogP) is 3.96. The van der Waals surface area contributed by atoms with Gasteiger partial charge in [0.05, 0.1) is 6.10 Å². The number of aliphatic hydroxyl groups is 1. The van der Waals surface area contributed by atoms with Crippen LogP contribution >= 0.6 is 0 Å². The predicted molar refractivity (Wildman–Crippen MR) is 82.7 cm³/mol. The lowest BCUT2D eigenvalue weighted by Gasteiger charge is -2.60. The second kappa shape index (κ2) is 4.57. The number of fused-ring (bicyclic) bond motifs is 5. The monoisotopic (exact) mass is 290 g/mol. The Morgan fingerprint density at radius 1 is 1.00 bits per heavy atom. The number of aliphatic hydroxyl groups excluding tert-OH is 1. The van der Waals surface area contributed by atoms with Crippen molar-refractivity contribution in [2.45, 2.75) is 77.7 Å². The van der Waals surface area contributed by atoms with Crippen LogP contribution in [0.25, 0.3) is 0 Å². The van der Waals surface area contributed by atoms with Crippen molar-refractivity contribution in [1.82, 2.24) is 0 Å². The number of carbonyl (C=O) groups is 1. The van der Waals surface area contributed by atoms with Crippen LogP contribution in [-0.4, -0.2) is 17.0 Å². The van der Waals surface area contributed by atoms with Gasteiger partial charge in [-0.3, -0.25) is 4.79 Å². The smallest absolute Gasteiger partial charge is 0.139 e. The van der Waals surface area contributed by atoms with Crippen molar-refractivity contribution < 1.29 is 9.90 Å². The molecule has 118 valence electrons. The van der Waals surface area contributed by atoms with Crippen molar-refractivity contribution >= 4 is 5.78 Å². The van der Waals surface area contributed by atoms with Gasteiger partial charge in [-0.25, -0.2) is 0 Å². The highest BCUT2D eigenvalue weighted by Gasteiger charge is 2.60. The minimum absolute atomic E-state index is 0.0124. The number of hydrogen-bond acceptors (Lipinski definition) is 2. The topological polar surface area (TPSA) is 37.3 Å². The standard InChI is InChI=1S/C19H30O2/c1-18-9-7-13(20)11-12(18)3-4-14-15-5-6-17(21)19(15,2)10-8-16(14)18/h12-16,20H,3-11H2,1-2H3/t12?,13?,14?,15-,16-,18?,19?/m0/s1. The Bertz CT molecular complexity index is 458. The maximum atomic E-state index is 12.4. The maximum absolute atomic E-state index is 12.4. The highest BCUT2D eigenvalue weighted by molar-refractivity contribution is 5.87. The van der Waals surface area contributed by atoms with Gasteiger partial charge in [0.15, 0.2) is 0 Å². The van der Waals surface area contributed by atoms with Crippen molar-refractivity contribution in [3.8, 4) is 0 Å². The van der Waals surface area contributed by atoms with Crippen LogP contribution in [0, 0.1) is 34.5 Å². The third-order valence-corrected chi connectivity index (χ3v) is 8.35. The Balaban J connectivity index is 1.64. The molecule has 0 radical (unpaired) electrons. The van der Waals surface area contributed by atoms with Crippen LogP contribution in [0.15, 0.2) is 0 Å². The lowest BCUT2D eigenvalue weighted by molar-refractivity contribution is -0.142. The molecule has 0 aromatic heterocycles. The summed E-state index contributed by atoms with van der Waals surface area (Å²) in [6.07, 6.45) is 10.1. The number of hydrogen-bond donors (Lipinski definition) is 1. The summed E-state index contributed by atoms with van der Waals surface area (Å²) in [5.74, 6) is 3.54. The quantitative estimate of drug-likeness (QED) is 0.733. The molecule has 0 amide bonds. The van der Waals surface area contributed by atoms with Gasteiger partial charge >= 0.3 is 0 Å². The van der Waals surface area contributed by atoms with Gasteiger partial charge in [-0.05, 0) is 80.5 Å². The molecule has 0 aliphatic heterocycles. The number of ketones is 1. The first-order valence-electron chi connectivity index (χ1n) is 9.16. The van der Waals surface area contributed by atoms with Crippen LogP contribution in [0.3, 0.4) is 0 Å². The van der Waals surface area contributed by atoms with E-state index in [-0.39, 0.29) is 11.5 Å². The Morgan fingerprint density at radius 3 is 2.62 bits per heavy atom. The molecule has 2 heteroatoms. The van der Waals surface area contributed by atoms with Crippen LogP contribution < -0.4 is 0 Å². The normalized spacial score (nSPS) is 56.5. The van der Waals surface area contributed by atoms with Crippen molar-refractivity contribution in [2.24, 2.45) is 34.5 Å². The number of carbonyl (C=O) groups excluding carboxylic acids is 1. The molecule has 4 aliphatic carbocycles. The summed E-state index contributed by atoms with van der Waals surface area (Å²) in [5, 5.41) is 10.0. The van der Waals surface area contributed by atoms with E-state index in [9.17, 15) is 9.90 Å². The summed E-state index contributed by atoms with van der Waals surface area (Å²) in [6, 6.07) is 0. The Hall–Kier alpha value is -0.370. The molecule has 1 N–H and O–H groups in total. The molecule has 0 aromatic rings. The third kappa shape index (κ3) is 1.84. The van der Waals surface area contributed by atoms with E-state index in [1.54, 1.807) is 0 Å². The highest BCUT2D eigenvalue weighted by Crippen LogP contribution is 2.65. The van der Waals surface area contributed by atoms with Crippen LogP contribution in [0.4, 0.5) is 0 Å². The van der Waals surface area contributed by atoms with Crippen LogP contribution in [0.5, 0.6) is 0 Å². The average molecular weight is 290 g/mol. The van der Waals surface area contributed by atoms with E-state index in [0.717, 1.165) is 49.9 Å². The third-order valence-electron chi connectivity index (χ3n) is 8.35. The van der Waals surface area contributed by atoms with Gasteiger partial charge in [0.25, 0.3) is 0 Å². The van der Waals surface area contributed by atoms with Crippen molar-refractivity contribution in [3.05, 3.63) is 0 Å². The summed E-state index contributed by atoms with van der Waals surface area (Å²) >= 11 is 0. The molecule has 21 heavy (non-hydrogen) atoms. The van der Waals surface area contributed by atoms with E-state index in [2.05, 4.69) is 13.8 Å². The summed E-state index contributed by atoms with van der Waals surface area (Å²) in [4.78, 5) is 12.4. The summed E-state index contributed by atoms with van der Waals surface area (Å²) in [5.41, 5.74) is 0.452. The molecule has 0 spiro atoms. The first-order valence-corrected chi connectivity index (χ1v) is 9.16. The molecule has 2 nitrogen and oxygen atoms in total. The van der Waals surface area contributed by atoms with Crippen molar-refractivity contribution in [2.75, 3.05) is 0 Å². The Labute approximate surface area is 128 Å². The fourth-order valence-electron chi connectivity index (χ4n) is 7.01. The fraction of sp³-hybridized carbons (Fsp3) is 0.947. The molecule has 4 saturated carbocycles. The molecular weight excluding hydrogens is 260 g/mol. The molecule has 4 aliphatic rings. The van der Waals surface area contributed by atoms with Gasteiger partial charge in [0, 0.05) is 11.8 Å². The maximum Gasteiger partial charge on any atom is 0.139 e. The van der Waals surface area contributed by atoms with Crippen molar-refractivity contribution in [3.63, 3.8) is 0 Å². The largest absolute Gasteiger partial charge is 0.393 e. The van der Waals surface area contributed by atoms with Gasteiger partial charge in [0.2, 0.25) is 0 Å². The summed E-state index contributed by atoms with van der Waals surface area (Å²) in [6.45, 7) is 4.78. The minimum atomic E-state index is -0.0541. The van der Waals surface area contributed by atoms with Gasteiger partial charge < -0.3 is 5.11 Å². The molecule has 4 fully saturated rings. The SMILES string of the molecule is CC12CC[C@H]3C(CCC4CC(O)CCC43C)[C@@H]1CCC2=O. The van der Waals surface area contributed by atoms with Crippen LogP contribution in [-0.2, 0) is 4.79 Å². The van der Waals surface area contributed by atoms with Crippen LogP contribution in [0.1, 0.15) is 71.6 Å². The summed E-state index contributed by atoms with van der Waals surface area (Å²) in [7, 11) is 0.